The van der Waals surface area contributed by atoms with Crippen molar-refractivity contribution in [3.8, 4) is 0 Å². The summed E-state index contributed by atoms with van der Waals surface area (Å²) in [7, 11) is 0. The van der Waals surface area contributed by atoms with Crippen molar-refractivity contribution in [1.82, 2.24) is 10.6 Å². The van der Waals surface area contributed by atoms with E-state index in [9.17, 15) is 4.79 Å². The van der Waals surface area contributed by atoms with Gasteiger partial charge in [0.05, 0.1) is 5.92 Å². The van der Waals surface area contributed by atoms with Gasteiger partial charge in [-0.15, -0.1) is 0 Å². The van der Waals surface area contributed by atoms with Crippen LogP contribution in [0.15, 0.2) is 0 Å². The average molecular weight is 224 g/mol. The van der Waals surface area contributed by atoms with Crippen molar-refractivity contribution in [2.75, 3.05) is 6.54 Å². The second-order valence-electron chi connectivity index (χ2n) is 5.48. The molecule has 0 bridgehead atoms. The van der Waals surface area contributed by atoms with Crippen LogP contribution >= 0.6 is 0 Å². The lowest BCUT2D eigenvalue weighted by Crippen LogP contribution is -2.43. The summed E-state index contributed by atoms with van der Waals surface area (Å²) in [6, 6.07) is 0.707. The highest BCUT2D eigenvalue weighted by Crippen LogP contribution is 2.28. The highest BCUT2D eigenvalue weighted by atomic mass is 16.2. The molecule has 2 rings (SSSR count). The number of nitrogens with one attached hydrogen (secondary N) is 2. The first-order chi connectivity index (χ1) is 7.68. The van der Waals surface area contributed by atoms with Gasteiger partial charge in [0.2, 0.25) is 5.91 Å². The predicted octanol–water partition coefficient (Wildman–Crippen LogP) is 1.68. The largest absolute Gasteiger partial charge is 0.353 e. The maximum atomic E-state index is 12.1. The van der Waals surface area contributed by atoms with Gasteiger partial charge in [-0.25, -0.2) is 0 Å². The second kappa shape index (κ2) is 5.17. The van der Waals surface area contributed by atoms with Gasteiger partial charge in [0, 0.05) is 12.1 Å². The molecule has 1 saturated heterocycles. The summed E-state index contributed by atoms with van der Waals surface area (Å²) in [5.41, 5.74) is 0. The Labute approximate surface area is 98.4 Å². The number of hydrogen-bond acceptors (Lipinski definition) is 2. The van der Waals surface area contributed by atoms with Crippen LogP contribution in [-0.4, -0.2) is 24.5 Å². The summed E-state index contributed by atoms with van der Waals surface area (Å²) in [5, 5.41) is 6.55. The van der Waals surface area contributed by atoms with Crippen LogP contribution in [-0.2, 0) is 4.79 Å². The van der Waals surface area contributed by atoms with E-state index in [4.69, 9.17) is 0 Å². The molecule has 2 aliphatic rings. The number of carbonyl (C=O) groups excluding carboxylic acids is 1. The number of amides is 1. The van der Waals surface area contributed by atoms with E-state index in [1.807, 2.05) is 0 Å². The first kappa shape index (κ1) is 11.9. The van der Waals surface area contributed by atoms with E-state index >= 15 is 0 Å². The van der Waals surface area contributed by atoms with Crippen LogP contribution in [0.1, 0.15) is 46.0 Å². The van der Waals surface area contributed by atoms with Gasteiger partial charge in [0.1, 0.15) is 0 Å². The molecule has 0 spiro atoms. The van der Waals surface area contributed by atoms with E-state index in [-0.39, 0.29) is 11.8 Å². The molecule has 0 aromatic heterocycles. The number of rotatable bonds is 3. The molecule has 1 heterocycles. The first-order valence-corrected chi connectivity index (χ1v) is 6.72. The molecular formula is C13H24N2O. The summed E-state index contributed by atoms with van der Waals surface area (Å²) < 4.78 is 0. The van der Waals surface area contributed by atoms with Crippen LogP contribution in [0.4, 0.5) is 0 Å². The highest BCUT2D eigenvalue weighted by Gasteiger charge is 2.31. The topological polar surface area (TPSA) is 41.1 Å². The summed E-state index contributed by atoms with van der Waals surface area (Å²) in [5.74, 6) is 1.16. The molecule has 1 aliphatic heterocycles. The molecule has 3 heteroatoms. The van der Waals surface area contributed by atoms with Crippen molar-refractivity contribution >= 4 is 5.91 Å². The van der Waals surface area contributed by atoms with Gasteiger partial charge in [-0.1, -0.05) is 12.8 Å². The molecule has 0 radical (unpaired) electrons. The lowest BCUT2D eigenvalue weighted by molar-refractivity contribution is -0.126. The molecule has 0 aromatic carbocycles. The van der Waals surface area contributed by atoms with Gasteiger partial charge in [-0.2, -0.15) is 0 Å². The zero-order valence-electron chi connectivity index (χ0n) is 10.5. The summed E-state index contributed by atoms with van der Waals surface area (Å²) in [4.78, 5) is 12.1. The second-order valence-corrected chi connectivity index (χ2v) is 5.48. The molecular weight excluding hydrogens is 200 g/mol. The van der Waals surface area contributed by atoms with Gasteiger partial charge in [-0.3, -0.25) is 4.79 Å². The number of hydrogen-bond donors (Lipinski definition) is 2. The zero-order valence-corrected chi connectivity index (χ0v) is 10.5. The maximum absolute atomic E-state index is 12.1. The average Bonchev–Trinajstić information content (AvgIpc) is 2.86. The molecule has 3 nitrogen and oxygen atoms in total. The Kier molecular flexibility index (Phi) is 3.85. The van der Waals surface area contributed by atoms with Crippen molar-refractivity contribution < 1.29 is 4.79 Å². The van der Waals surface area contributed by atoms with Crippen LogP contribution < -0.4 is 10.6 Å². The molecule has 0 aromatic rings. The van der Waals surface area contributed by atoms with Crippen molar-refractivity contribution in [2.45, 2.75) is 58.0 Å². The molecule has 1 saturated carbocycles. The van der Waals surface area contributed by atoms with Crippen LogP contribution in [0.3, 0.4) is 0 Å². The molecule has 3 atom stereocenters. The SMILES string of the molecule is CC1NCCC1C(=O)N[C@@H](C)C1CCCC1. The van der Waals surface area contributed by atoms with Gasteiger partial charge in [0.15, 0.2) is 0 Å². The predicted molar refractivity (Wildman–Crippen MR) is 65.1 cm³/mol. The molecule has 1 aliphatic carbocycles. The van der Waals surface area contributed by atoms with Crippen molar-refractivity contribution in [3.63, 3.8) is 0 Å². The Balaban J connectivity index is 1.81. The smallest absolute Gasteiger partial charge is 0.224 e. The van der Waals surface area contributed by atoms with Crippen molar-refractivity contribution in [1.29, 1.82) is 0 Å². The standard InChI is InChI=1S/C13H24N2O/c1-9(11-5-3-4-6-11)15-13(16)12-7-8-14-10(12)2/h9-12,14H,3-8H2,1-2H3,(H,15,16)/t9-,10?,12?/m0/s1. The fraction of sp³-hybridized carbons (Fsp3) is 0.923. The summed E-state index contributed by atoms with van der Waals surface area (Å²) >= 11 is 0. The van der Waals surface area contributed by atoms with E-state index in [2.05, 4.69) is 24.5 Å². The van der Waals surface area contributed by atoms with Crippen molar-refractivity contribution in [3.05, 3.63) is 0 Å². The molecule has 2 N–H and O–H groups in total. The first-order valence-electron chi connectivity index (χ1n) is 6.72. The van der Waals surface area contributed by atoms with Gasteiger partial charge in [-0.05, 0) is 45.6 Å². The monoisotopic (exact) mass is 224 g/mol. The Morgan fingerprint density at radius 2 is 2.00 bits per heavy atom. The van der Waals surface area contributed by atoms with E-state index < -0.39 is 0 Å². The third-order valence-electron chi connectivity index (χ3n) is 4.34. The minimum Gasteiger partial charge on any atom is -0.353 e. The van der Waals surface area contributed by atoms with Gasteiger partial charge >= 0.3 is 0 Å². The minimum absolute atomic E-state index is 0.184. The maximum Gasteiger partial charge on any atom is 0.224 e. The van der Waals surface area contributed by atoms with Gasteiger partial charge < -0.3 is 10.6 Å². The quantitative estimate of drug-likeness (QED) is 0.766. The number of carbonyl (C=O) groups is 1. The summed E-state index contributed by atoms with van der Waals surface area (Å²) in [6.07, 6.45) is 6.25. The molecule has 1 amide bonds. The Morgan fingerprint density at radius 1 is 1.31 bits per heavy atom. The molecule has 2 fully saturated rings. The lowest BCUT2D eigenvalue weighted by atomic mass is 9.96. The lowest BCUT2D eigenvalue weighted by Gasteiger charge is -2.23. The fourth-order valence-electron chi connectivity index (χ4n) is 3.12. The van der Waals surface area contributed by atoms with E-state index in [1.54, 1.807) is 0 Å². The zero-order chi connectivity index (χ0) is 11.5. The van der Waals surface area contributed by atoms with Crippen LogP contribution in [0.25, 0.3) is 0 Å². The van der Waals surface area contributed by atoms with Gasteiger partial charge in [0.25, 0.3) is 0 Å². The Bertz CT molecular complexity index is 248. The molecule has 2 unspecified atom stereocenters. The third kappa shape index (κ3) is 2.57. The molecule has 16 heavy (non-hydrogen) atoms. The van der Waals surface area contributed by atoms with E-state index in [1.165, 1.54) is 25.7 Å². The Morgan fingerprint density at radius 3 is 2.56 bits per heavy atom. The minimum atomic E-state index is 0.184. The third-order valence-corrected chi connectivity index (χ3v) is 4.34. The van der Waals surface area contributed by atoms with Crippen LogP contribution in [0.2, 0.25) is 0 Å². The molecule has 92 valence electrons. The highest BCUT2D eigenvalue weighted by molar-refractivity contribution is 5.80. The fourth-order valence-corrected chi connectivity index (χ4v) is 3.12. The Hall–Kier alpha value is -0.570. The van der Waals surface area contributed by atoms with E-state index in [0.717, 1.165) is 13.0 Å². The normalized spacial score (nSPS) is 32.9. The van der Waals surface area contributed by atoms with Crippen molar-refractivity contribution in [2.24, 2.45) is 11.8 Å². The van der Waals surface area contributed by atoms with Crippen LogP contribution in [0.5, 0.6) is 0 Å². The van der Waals surface area contributed by atoms with E-state index in [0.29, 0.717) is 18.0 Å². The summed E-state index contributed by atoms with van der Waals surface area (Å²) in [6.45, 7) is 5.26. The van der Waals surface area contributed by atoms with Crippen LogP contribution in [0, 0.1) is 11.8 Å².